The summed E-state index contributed by atoms with van der Waals surface area (Å²) in [5, 5.41) is 17.3. The van der Waals surface area contributed by atoms with Gasteiger partial charge in [0.05, 0.1) is 16.5 Å². The molecule has 0 amide bonds. The van der Waals surface area contributed by atoms with Gasteiger partial charge in [-0.15, -0.1) is 0 Å². The van der Waals surface area contributed by atoms with Gasteiger partial charge in [0.25, 0.3) is 0 Å². The highest BCUT2D eigenvalue weighted by Crippen LogP contribution is 2.16. The van der Waals surface area contributed by atoms with Gasteiger partial charge in [0.1, 0.15) is 0 Å². The number of aliphatic carboxylic acids is 1. The van der Waals surface area contributed by atoms with E-state index >= 15 is 0 Å². The highest BCUT2D eigenvalue weighted by Gasteiger charge is 2.16. The van der Waals surface area contributed by atoms with Gasteiger partial charge in [-0.2, -0.15) is 5.26 Å². The molecule has 20 heavy (non-hydrogen) atoms. The summed E-state index contributed by atoms with van der Waals surface area (Å²) in [6.45, 7) is 1.83. The van der Waals surface area contributed by atoms with Gasteiger partial charge in [-0.05, 0) is 37.5 Å². The molecule has 1 aromatic rings. The summed E-state index contributed by atoms with van der Waals surface area (Å²) in [5.41, 5.74) is 0.837. The van der Waals surface area contributed by atoms with Gasteiger partial charge in [0, 0.05) is 13.0 Å². The molecule has 0 saturated heterocycles. The van der Waals surface area contributed by atoms with E-state index in [0.717, 1.165) is 0 Å². The predicted octanol–water partition coefficient (Wildman–Crippen LogP) is 1.40. The maximum atomic E-state index is 12.1. The Morgan fingerprint density at radius 2 is 2.10 bits per heavy atom. The van der Waals surface area contributed by atoms with Crippen molar-refractivity contribution in [2.75, 3.05) is 6.54 Å². The second-order valence-electron chi connectivity index (χ2n) is 4.34. The Labute approximate surface area is 118 Å². The summed E-state index contributed by atoms with van der Waals surface area (Å²) >= 11 is 0. The normalized spacial score (nSPS) is 11.0. The number of sulfonamides is 1. The number of benzene rings is 1. The summed E-state index contributed by atoms with van der Waals surface area (Å²) < 4.78 is 26.6. The van der Waals surface area contributed by atoms with Crippen LogP contribution in [0.1, 0.15) is 30.4 Å². The molecule has 0 radical (unpaired) electrons. The molecule has 6 nitrogen and oxygen atoms in total. The van der Waals surface area contributed by atoms with Crippen LogP contribution in [0.3, 0.4) is 0 Å². The van der Waals surface area contributed by atoms with E-state index in [2.05, 4.69) is 4.72 Å². The quantitative estimate of drug-likeness (QED) is 0.739. The second kappa shape index (κ2) is 7.03. The largest absolute Gasteiger partial charge is 0.481 e. The van der Waals surface area contributed by atoms with Crippen molar-refractivity contribution in [2.24, 2.45) is 0 Å². The third-order valence-corrected chi connectivity index (χ3v) is 4.32. The van der Waals surface area contributed by atoms with E-state index in [9.17, 15) is 13.2 Å². The Kier molecular flexibility index (Phi) is 5.67. The van der Waals surface area contributed by atoms with Crippen LogP contribution in [0.5, 0.6) is 0 Å². The average Bonchev–Trinajstić information content (AvgIpc) is 2.38. The third kappa shape index (κ3) is 4.64. The number of hydrogen-bond acceptors (Lipinski definition) is 4. The molecule has 0 aliphatic rings. The lowest BCUT2D eigenvalue weighted by molar-refractivity contribution is -0.137. The SMILES string of the molecule is Cc1ccc(C#N)cc1S(=O)(=O)NCCCCC(=O)O. The topological polar surface area (TPSA) is 107 Å². The molecule has 1 rings (SSSR count). The maximum Gasteiger partial charge on any atom is 0.303 e. The van der Waals surface area contributed by atoms with E-state index in [1.54, 1.807) is 19.1 Å². The molecule has 0 saturated carbocycles. The van der Waals surface area contributed by atoms with Crippen molar-refractivity contribution in [3.05, 3.63) is 29.3 Å². The smallest absolute Gasteiger partial charge is 0.303 e. The van der Waals surface area contributed by atoms with E-state index in [4.69, 9.17) is 10.4 Å². The van der Waals surface area contributed by atoms with Gasteiger partial charge >= 0.3 is 5.97 Å². The fourth-order valence-electron chi connectivity index (χ4n) is 1.64. The first kappa shape index (κ1) is 16.1. The Balaban J connectivity index is 2.70. The second-order valence-corrected chi connectivity index (χ2v) is 6.08. The molecule has 7 heteroatoms. The van der Waals surface area contributed by atoms with Crippen LogP contribution in [0, 0.1) is 18.3 Å². The molecule has 0 aliphatic heterocycles. The van der Waals surface area contributed by atoms with Crippen LogP contribution < -0.4 is 4.72 Å². The Morgan fingerprint density at radius 1 is 1.40 bits per heavy atom. The predicted molar refractivity (Wildman–Crippen MR) is 72.6 cm³/mol. The Bertz CT molecular complexity index is 632. The standard InChI is InChI=1S/C13H16N2O4S/c1-10-5-6-11(9-14)8-12(10)20(18,19)15-7-3-2-4-13(16)17/h5-6,8,15H,2-4,7H2,1H3,(H,16,17). The molecule has 1 aromatic carbocycles. The van der Waals surface area contributed by atoms with E-state index < -0.39 is 16.0 Å². The molecule has 0 atom stereocenters. The first-order chi connectivity index (χ1) is 9.36. The van der Waals surface area contributed by atoms with Crippen molar-refractivity contribution < 1.29 is 18.3 Å². The highest BCUT2D eigenvalue weighted by molar-refractivity contribution is 7.89. The fourth-order valence-corrected chi connectivity index (χ4v) is 2.99. The zero-order valence-electron chi connectivity index (χ0n) is 11.1. The average molecular weight is 296 g/mol. The van der Waals surface area contributed by atoms with Crippen molar-refractivity contribution in [3.8, 4) is 6.07 Å². The highest BCUT2D eigenvalue weighted by atomic mass is 32.2. The van der Waals surface area contributed by atoms with Crippen LogP contribution in [0.2, 0.25) is 0 Å². The van der Waals surface area contributed by atoms with Crippen molar-refractivity contribution in [2.45, 2.75) is 31.1 Å². The van der Waals surface area contributed by atoms with Crippen LogP contribution in [-0.4, -0.2) is 26.0 Å². The van der Waals surface area contributed by atoms with E-state index in [1.165, 1.54) is 6.07 Å². The number of carboxylic acids is 1. The van der Waals surface area contributed by atoms with Gasteiger partial charge in [-0.1, -0.05) is 6.07 Å². The van der Waals surface area contributed by atoms with Crippen LogP contribution >= 0.6 is 0 Å². The van der Waals surface area contributed by atoms with E-state index in [1.807, 2.05) is 6.07 Å². The van der Waals surface area contributed by atoms with Crippen LogP contribution in [-0.2, 0) is 14.8 Å². The lowest BCUT2D eigenvalue weighted by atomic mass is 10.2. The molecule has 108 valence electrons. The number of nitrogens with zero attached hydrogens (tertiary/aromatic N) is 1. The monoisotopic (exact) mass is 296 g/mol. The Hall–Kier alpha value is -1.91. The Morgan fingerprint density at radius 3 is 2.70 bits per heavy atom. The molecule has 0 unspecified atom stereocenters. The number of nitriles is 1. The summed E-state index contributed by atoms with van der Waals surface area (Å²) in [6, 6.07) is 6.36. The fraction of sp³-hybridized carbons (Fsp3) is 0.385. The lowest BCUT2D eigenvalue weighted by Gasteiger charge is -2.09. The molecule has 0 heterocycles. The van der Waals surface area contributed by atoms with Gasteiger partial charge in [0.15, 0.2) is 0 Å². The molecular formula is C13H16N2O4S. The van der Waals surface area contributed by atoms with Crippen molar-refractivity contribution in [1.82, 2.24) is 4.72 Å². The van der Waals surface area contributed by atoms with Crippen LogP contribution in [0.4, 0.5) is 0 Å². The molecule has 0 aromatic heterocycles. The molecular weight excluding hydrogens is 280 g/mol. The van der Waals surface area contributed by atoms with Crippen molar-refractivity contribution >= 4 is 16.0 Å². The minimum Gasteiger partial charge on any atom is -0.481 e. The number of carbonyl (C=O) groups is 1. The minimum absolute atomic E-state index is 0.0185. The zero-order chi connectivity index (χ0) is 15.2. The minimum atomic E-state index is -3.67. The maximum absolute atomic E-state index is 12.1. The van der Waals surface area contributed by atoms with Gasteiger partial charge in [-0.25, -0.2) is 13.1 Å². The molecule has 0 fully saturated rings. The number of rotatable bonds is 7. The molecule has 0 spiro atoms. The van der Waals surface area contributed by atoms with Crippen molar-refractivity contribution in [1.29, 1.82) is 5.26 Å². The number of hydrogen-bond donors (Lipinski definition) is 2. The van der Waals surface area contributed by atoms with E-state index in [0.29, 0.717) is 18.4 Å². The van der Waals surface area contributed by atoms with Gasteiger partial charge in [0.2, 0.25) is 10.0 Å². The zero-order valence-corrected chi connectivity index (χ0v) is 11.9. The van der Waals surface area contributed by atoms with E-state index in [-0.39, 0.29) is 23.4 Å². The molecule has 2 N–H and O–H groups in total. The van der Waals surface area contributed by atoms with Gasteiger partial charge in [-0.3, -0.25) is 4.79 Å². The summed E-state index contributed by atoms with van der Waals surface area (Å²) in [7, 11) is -3.67. The first-order valence-electron chi connectivity index (χ1n) is 6.09. The summed E-state index contributed by atoms with van der Waals surface area (Å²) in [5.74, 6) is -0.898. The van der Waals surface area contributed by atoms with Crippen LogP contribution in [0.15, 0.2) is 23.1 Å². The van der Waals surface area contributed by atoms with Crippen LogP contribution in [0.25, 0.3) is 0 Å². The number of nitrogens with one attached hydrogen (secondary N) is 1. The van der Waals surface area contributed by atoms with Crippen molar-refractivity contribution in [3.63, 3.8) is 0 Å². The number of carboxylic acid groups (broad SMARTS) is 1. The number of aryl methyl sites for hydroxylation is 1. The number of unbranched alkanes of at least 4 members (excludes halogenated alkanes) is 1. The lowest BCUT2D eigenvalue weighted by Crippen LogP contribution is -2.25. The first-order valence-corrected chi connectivity index (χ1v) is 7.57. The molecule has 0 aliphatic carbocycles. The third-order valence-electron chi connectivity index (χ3n) is 2.72. The molecule has 0 bridgehead atoms. The summed E-state index contributed by atoms with van der Waals surface area (Å²) in [6.07, 6.45) is 0.877. The van der Waals surface area contributed by atoms with Gasteiger partial charge < -0.3 is 5.11 Å². The summed E-state index contributed by atoms with van der Waals surface area (Å²) in [4.78, 5) is 10.4.